The smallest absolute Gasteiger partial charge is 0.379 e. The number of alkyl halides is 3. The summed E-state index contributed by atoms with van der Waals surface area (Å²) in [4.78, 5) is 19.6. The molecule has 184 valence electrons. The maximum absolute atomic E-state index is 13.0. The second-order valence-electron chi connectivity index (χ2n) is 6.94. The van der Waals surface area contributed by atoms with Gasteiger partial charge >= 0.3 is 16.4 Å². The highest BCUT2D eigenvalue weighted by Crippen LogP contribution is 3.02. The first-order valence-corrected chi connectivity index (χ1v) is 11.4. The number of nitrogens with one attached hydrogen (secondary N) is 1. The third-order valence-electron chi connectivity index (χ3n) is 4.03. The van der Waals surface area contributed by atoms with Gasteiger partial charge in [0.25, 0.3) is 11.6 Å². The molecule has 2 N–H and O–H groups in total. The minimum absolute atomic E-state index is 0.0108. The van der Waals surface area contributed by atoms with Crippen LogP contribution in [0.4, 0.5) is 44.0 Å². The van der Waals surface area contributed by atoms with E-state index in [1.807, 2.05) is 5.32 Å². The lowest BCUT2D eigenvalue weighted by atomic mass is 10.1. The molecule has 0 aliphatic rings. The van der Waals surface area contributed by atoms with Crippen molar-refractivity contribution in [2.45, 2.75) is 28.5 Å². The predicted octanol–water partition coefficient (Wildman–Crippen LogP) is 6.75. The lowest BCUT2D eigenvalue weighted by Crippen LogP contribution is -2.42. The molecule has 6 nitrogen and oxygen atoms in total. The topological polar surface area (TPSA) is 92.5 Å². The molecule has 0 spiro atoms. The quantitative estimate of drug-likeness (QED) is 0.180. The van der Waals surface area contributed by atoms with Crippen LogP contribution in [0.2, 0.25) is 0 Å². The first kappa shape index (κ1) is 26.7. The van der Waals surface area contributed by atoms with E-state index in [1.165, 1.54) is 0 Å². The van der Waals surface area contributed by atoms with E-state index in [0.717, 1.165) is 13.0 Å². The molecule has 0 aliphatic heterocycles. The van der Waals surface area contributed by atoms with Crippen molar-refractivity contribution in [1.29, 1.82) is 0 Å². The van der Waals surface area contributed by atoms with Crippen molar-refractivity contribution < 1.29 is 47.4 Å². The number of halogens is 8. The highest BCUT2D eigenvalue weighted by molar-refractivity contribution is 8.45. The van der Waals surface area contributed by atoms with Crippen molar-refractivity contribution in [3.05, 3.63) is 58.1 Å². The van der Waals surface area contributed by atoms with Gasteiger partial charge < -0.3 is 10.4 Å². The largest absolute Gasteiger partial charge is 0.423 e. The minimum Gasteiger partial charge on any atom is -0.379 e. The van der Waals surface area contributed by atoms with Crippen LogP contribution in [0.15, 0.2) is 52.3 Å². The van der Waals surface area contributed by atoms with Gasteiger partial charge in [-0.15, -0.1) is 11.8 Å². The summed E-state index contributed by atoms with van der Waals surface area (Å²) in [5.41, 5.74) is -5.67. The highest BCUT2D eigenvalue weighted by atomic mass is 32.5. The maximum atomic E-state index is 13.0. The van der Waals surface area contributed by atoms with E-state index in [1.54, 1.807) is 0 Å². The number of nitro benzene ring substituents is 1. The minimum atomic E-state index is -9.86. The number of amides is 1. The van der Waals surface area contributed by atoms with E-state index >= 15 is 0 Å². The molecule has 0 fully saturated rings. The Bertz CT molecular complexity index is 1090. The van der Waals surface area contributed by atoms with Gasteiger partial charge in [0.05, 0.1) is 4.92 Å². The van der Waals surface area contributed by atoms with Crippen LogP contribution in [-0.2, 0) is 11.0 Å². The third-order valence-corrected chi connectivity index (χ3v) is 6.51. The Morgan fingerprint density at radius 1 is 1.09 bits per heavy atom. The van der Waals surface area contributed by atoms with Crippen LogP contribution in [0.1, 0.15) is 12.5 Å². The Morgan fingerprint density at radius 3 is 2.09 bits per heavy atom. The number of aliphatic hydroxyl groups is 1. The first-order valence-electron chi connectivity index (χ1n) is 8.46. The molecule has 0 saturated carbocycles. The zero-order chi connectivity index (χ0) is 25.5. The van der Waals surface area contributed by atoms with Crippen molar-refractivity contribution in [1.82, 2.24) is 0 Å². The molecule has 16 heteroatoms. The fraction of sp³-hybridized carbons (Fsp3) is 0.235. The van der Waals surface area contributed by atoms with E-state index < -0.39 is 60.4 Å². The first-order chi connectivity index (χ1) is 14.6. The van der Waals surface area contributed by atoms with Crippen LogP contribution in [-0.4, -0.2) is 27.3 Å². The maximum Gasteiger partial charge on any atom is 0.423 e. The fourth-order valence-corrected chi connectivity index (χ4v) is 3.91. The Balaban J connectivity index is 2.14. The summed E-state index contributed by atoms with van der Waals surface area (Å²) in [5, 5.41) is 23.0. The number of rotatable bonds is 7. The molecule has 1 atom stereocenters. The summed E-state index contributed by atoms with van der Waals surface area (Å²) in [6.45, 7) is 0.953. The number of benzene rings is 2. The summed E-state index contributed by atoms with van der Waals surface area (Å²) in [6, 6.07) is 3.34. The summed E-state index contributed by atoms with van der Waals surface area (Å²) in [6.07, 6.45) is -5.11. The van der Waals surface area contributed by atoms with E-state index in [0.29, 0.717) is 36.0 Å². The second kappa shape index (κ2) is 7.73. The molecular weight excluding hydrogens is 512 g/mol. The lowest BCUT2D eigenvalue weighted by molar-refractivity contribution is -0.388. The van der Waals surface area contributed by atoms with E-state index in [9.17, 15) is 52.6 Å². The van der Waals surface area contributed by atoms with Gasteiger partial charge in [-0.3, -0.25) is 14.9 Å². The second-order valence-corrected chi connectivity index (χ2v) is 10.4. The molecule has 0 aliphatic carbocycles. The number of thioether (sulfide) groups is 1. The number of carbonyl (C=O) groups is 1. The van der Waals surface area contributed by atoms with Crippen LogP contribution in [0, 0.1) is 10.1 Å². The Morgan fingerprint density at radius 2 is 1.64 bits per heavy atom. The zero-order valence-electron chi connectivity index (χ0n) is 16.2. The van der Waals surface area contributed by atoms with Gasteiger partial charge in [0.2, 0.25) is 0 Å². The van der Waals surface area contributed by atoms with Gasteiger partial charge in [0.15, 0.2) is 0 Å². The van der Waals surface area contributed by atoms with Crippen molar-refractivity contribution >= 4 is 39.3 Å². The normalized spacial score (nSPS) is 16.3. The Kier molecular flexibility index (Phi) is 6.25. The number of hydrogen-bond acceptors (Lipinski definition) is 5. The molecule has 33 heavy (non-hydrogen) atoms. The number of carbonyl (C=O) groups excluding carboxylic acids is 1. The Hall–Kier alpha value is -2.59. The predicted molar refractivity (Wildman–Crippen MR) is 106 cm³/mol. The van der Waals surface area contributed by atoms with Gasteiger partial charge in [-0.2, -0.15) is 13.2 Å². The molecule has 0 saturated heterocycles. The monoisotopic (exact) mass is 526 g/mol. The third kappa shape index (κ3) is 6.94. The van der Waals surface area contributed by atoms with Gasteiger partial charge in [-0.25, -0.2) is 0 Å². The van der Waals surface area contributed by atoms with Crippen LogP contribution in [0.5, 0.6) is 0 Å². The van der Waals surface area contributed by atoms with Crippen molar-refractivity contribution in [3.8, 4) is 0 Å². The lowest BCUT2D eigenvalue weighted by Gasteiger charge is -2.40. The molecule has 2 rings (SSSR count). The van der Waals surface area contributed by atoms with Crippen molar-refractivity contribution in [2.24, 2.45) is 0 Å². The summed E-state index contributed by atoms with van der Waals surface area (Å²) in [7, 11) is -9.86. The fourth-order valence-electron chi connectivity index (χ4n) is 2.35. The molecule has 0 heterocycles. The molecule has 0 bridgehead atoms. The molecule has 0 aromatic heterocycles. The van der Waals surface area contributed by atoms with Crippen LogP contribution < -0.4 is 5.32 Å². The molecule has 0 radical (unpaired) electrons. The molecule has 1 unspecified atom stereocenters. The molecule has 1 amide bonds. The SMILES string of the molecule is CC(O)(CSc1ccc(S(F)(F)(F)(F)F)cc1)C(=O)Nc1ccc([N+](=O)[O-])c(C(F)(F)F)c1. The average Bonchev–Trinajstić information content (AvgIpc) is 2.64. The van der Waals surface area contributed by atoms with E-state index in [4.69, 9.17) is 0 Å². The number of hydrogen-bond donors (Lipinski definition) is 2. The van der Waals surface area contributed by atoms with Gasteiger partial charge in [0, 0.05) is 22.4 Å². The van der Waals surface area contributed by atoms with Crippen molar-refractivity contribution in [2.75, 3.05) is 11.1 Å². The number of anilines is 1. The van der Waals surface area contributed by atoms with E-state index in [-0.39, 0.29) is 17.0 Å². The van der Waals surface area contributed by atoms with Gasteiger partial charge in [0.1, 0.15) is 16.1 Å². The summed E-state index contributed by atoms with van der Waals surface area (Å²) in [5.74, 6) is -1.74. The van der Waals surface area contributed by atoms with Crippen molar-refractivity contribution in [3.63, 3.8) is 0 Å². The average molecular weight is 526 g/mol. The summed E-state index contributed by atoms with van der Waals surface area (Å²) >= 11 is 0.618. The number of nitro groups is 1. The van der Waals surface area contributed by atoms with Gasteiger partial charge in [-0.05, 0) is 43.3 Å². The zero-order valence-corrected chi connectivity index (χ0v) is 17.8. The molecular formula is C17H14F8N2O4S2. The standard InChI is InChI=1S/C17H14F8N2O4S2/c1-16(29,9-32-11-3-5-12(6-4-11)33(21,22,23,24)25)15(28)26-10-2-7-14(27(30)31)13(8-10)17(18,19)20/h2-8,29H,9H2,1H3,(H,26,28). The highest BCUT2D eigenvalue weighted by Gasteiger charge is 2.65. The van der Waals surface area contributed by atoms with Crippen LogP contribution in [0.3, 0.4) is 0 Å². The number of nitrogens with zero attached hydrogens (tertiary/aromatic N) is 1. The molecule has 2 aromatic carbocycles. The van der Waals surface area contributed by atoms with Crippen LogP contribution >= 0.6 is 22.0 Å². The van der Waals surface area contributed by atoms with Gasteiger partial charge in [-0.1, -0.05) is 19.4 Å². The summed E-state index contributed by atoms with van der Waals surface area (Å²) < 4.78 is 103. The van der Waals surface area contributed by atoms with Crippen LogP contribution in [0.25, 0.3) is 0 Å². The Labute approximate surface area is 184 Å². The van der Waals surface area contributed by atoms with E-state index in [2.05, 4.69) is 0 Å². The molecule has 2 aromatic rings.